The van der Waals surface area contributed by atoms with Gasteiger partial charge in [0.05, 0.1) is 18.6 Å². The van der Waals surface area contributed by atoms with Crippen molar-refractivity contribution < 1.29 is 29.0 Å². The van der Waals surface area contributed by atoms with E-state index in [1.807, 2.05) is 19.1 Å². The number of ether oxygens (including phenoxy) is 1. The Morgan fingerprint density at radius 1 is 0.949 bits per heavy atom. The number of carboxylic acids is 1. The van der Waals surface area contributed by atoms with E-state index < -0.39 is 5.97 Å². The minimum absolute atomic E-state index is 0.0618. The second-order valence-corrected chi connectivity index (χ2v) is 9.98. The summed E-state index contributed by atoms with van der Waals surface area (Å²) in [4.78, 5) is 50.2. The van der Waals surface area contributed by atoms with Crippen LogP contribution in [0, 0.1) is 5.92 Å². The van der Waals surface area contributed by atoms with Gasteiger partial charge in [0.15, 0.2) is 0 Å². The van der Waals surface area contributed by atoms with Crippen LogP contribution in [0.4, 0.5) is 10.5 Å². The molecule has 9 nitrogen and oxygen atoms in total. The van der Waals surface area contributed by atoms with Gasteiger partial charge in [-0.05, 0) is 67.1 Å². The van der Waals surface area contributed by atoms with Gasteiger partial charge in [0, 0.05) is 30.9 Å². The highest BCUT2D eigenvalue weighted by molar-refractivity contribution is 5.94. The Morgan fingerprint density at radius 2 is 1.62 bits per heavy atom. The van der Waals surface area contributed by atoms with E-state index >= 15 is 0 Å². The topological polar surface area (TPSA) is 125 Å². The number of carbonyl (C=O) groups excluding carboxylic acids is 3. The maximum absolute atomic E-state index is 13.3. The summed E-state index contributed by atoms with van der Waals surface area (Å²) in [5.74, 6) is -1.25. The molecule has 0 saturated heterocycles. The highest BCUT2D eigenvalue weighted by atomic mass is 16.5. The third-order valence-corrected chi connectivity index (χ3v) is 6.81. The number of urea groups is 1. The molecule has 0 heterocycles. The van der Waals surface area contributed by atoms with Crippen LogP contribution in [0.15, 0.2) is 48.5 Å². The molecule has 0 radical (unpaired) electrons. The maximum atomic E-state index is 13.3. The molecular weight excluding hydrogens is 498 g/mol. The molecule has 1 aliphatic carbocycles. The van der Waals surface area contributed by atoms with Crippen molar-refractivity contribution in [3.8, 4) is 0 Å². The lowest BCUT2D eigenvalue weighted by atomic mass is 9.89. The molecule has 9 heteroatoms. The van der Waals surface area contributed by atoms with Gasteiger partial charge < -0.3 is 25.4 Å². The van der Waals surface area contributed by atoms with Crippen LogP contribution < -0.4 is 10.6 Å². The Hall–Kier alpha value is -3.88. The number of benzene rings is 2. The number of nitrogens with zero attached hydrogens (tertiary/aromatic N) is 1. The van der Waals surface area contributed by atoms with E-state index in [0.29, 0.717) is 42.4 Å². The van der Waals surface area contributed by atoms with Crippen molar-refractivity contribution in [2.45, 2.75) is 64.8 Å². The fourth-order valence-electron chi connectivity index (χ4n) is 4.55. The Morgan fingerprint density at radius 3 is 2.26 bits per heavy atom. The molecule has 1 saturated carbocycles. The van der Waals surface area contributed by atoms with Crippen molar-refractivity contribution in [1.29, 1.82) is 0 Å². The molecule has 0 aromatic heterocycles. The second-order valence-electron chi connectivity index (χ2n) is 9.98. The van der Waals surface area contributed by atoms with Crippen LogP contribution in [0.25, 0.3) is 0 Å². The Bertz CT molecular complexity index is 1090. The van der Waals surface area contributed by atoms with Crippen molar-refractivity contribution in [1.82, 2.24) is 10.2 Å². The molecule has 0 bridgehead atoms. The molecule has 1 aliphatic rings. The molecule has 39 heavy (non-hydrogen) atoms. The summed E-state index contributed by atoms with van der Waals surface area (Å²) >= 11 is 0. The highest BCUT2D eigenvalue weighted by Crippen LogP contribution is 2.25. The fourth-order valence-corrected chi connectivity index (χ4v) is 4.55. The summed E-state index contributed by atoms with van der Waals surface area (Å²) in [5, 5.41) is 14.3. The number of nitrogens with one attached hydrogen (secondary N) is 2. The molecule has 0 aliphatic heterocycles. The number of unbranched alkanes of at least 4 members (excludes halogenated alkanes) is 1. The van der Waals surface area contributed by atoms with Crippen molar-refractivity contribution in [3.63, 3.8) is 0 Å². The summed E-state index contributed by atoms with van der Waals surface area (Å²) in [7, 11) is 0. The van der Waals surface area contributed by atoms with Crippen molar-refractivity contribution >= 4 is 29.6 Å². The predicted octanol–water partition coefficient (Wildman–Crippen LogP) is 5.46. The maximum Gasteiger partial charge on any atom is 0.338 e. The van der Waals surface area contributed by atoms with Crippen LogP contribution in [-0.2, 0) is 16.1 Å². The van der Waals surface area contributed by atoms with Gasteiger partial charge in [0.1, 0.15) is 0 Å². The van der Waals surface area contributed by atoms with Gasteiger partial charge in [-0.25, -0.2) is 9.59 Å². The van der Waals surface area contributed by atoms with Gasteiger partial charge in [0.25, 0.3) is 5.91 Å². The zero-order valence-electron chi connectivity index (χ0n) is 22.6. The van der Waals surface area contributed by atoms with E-state index in [9.17, 15) is 19.2 Å². The summed E-state index contributed by atoms with van der Waals surface area (Å²) in [6.07, 6.45) is 7.38. The van der Waals surface area contributed by atoms with Crippen molar-refractivity contribution in [3.05, 3.63) is 65.2 Å². The van der Waals surface area contributed by atoms with E-state index in [-0.39, 0.29) is 30.9 Å². The van der Waals surface area contributed by atoms with E-state index in [4.69, 9.17) is 9.84 Å². The average Bonchev–Trinajstić information content (AvgIpc) is 2.94. The molecule has 3 amide bonds. The lowest BCUT2D eigenvalue weighted by molar-refractivity contribution is -0.136. The van der Waals surface area contributed by atoms with E-state index in [1.165, 1.54) is 19.3 Å². The summed E-state index contributed by atoms with van der Waals surface area (Å²) in [6.45, 7) is 3.49. The number of hydrogen-bond acceptors (Lipinski definition) is 5. The minimum atomic E-state index is -0.970. The molecule has 1 fully saturated rings. The first kappa shape index (κ1) is 29.7. The summed E-state index contributed by atoms with van der Waals surface area (Å²) in [5.41, 5.74) is 2.34. The molecule has 0 unspecified atom stereocenters. The normalized spacial score (nSPS) is 13.4. The molecule has 3 N–H and O–H groups in total. The first-order chi connectivity index (χ1) is 18.9. The molecule has 210 valence electrons. The SMILES string of the molecule is CCCCOC(=O)c1ccc(NC(=O)N(Cc2ccc(C(=O)NCCC(=O)O)cc2)CC2CCCCC2)cc1. The van der Waals surface area contributed by atoms with Gasteiger partial charge in [0.2, 0.25) is 0 Å². The number of hydrogen-bond donors (Lipinski definition) is 3. The number of carbonyl (C=O) groups is 4. The number of rotatable bonds is 13. The standard InChI is InChI=1S/C30H39N3O6/c1-2-3-19-39-29(37)25-13-15-26(16-14-25)32-30(38)33(20-22-7-5-4-6-8-22)21-23-9-11-24(12-10-23)28(36)31-18-17-27(34)35/h9-16,22H,2-8,17-21H2,1H3,(H,31,36)(H,32,38)(H,34,35). The molecule has 3 rings (SSSR count). The molecule has 2 aromatic rings. The van der Waals surface area contributed by atoms with Crippen LogP contribution in [-0.4, -0.2) is 53.6 Å². The van der Waals surface area contributed by atoms with Crippen LogP contribution in [0.3, 0.4) is 0 Å². The third kappa shape index (κ3) is 10.1. The number of amides is 3. The van der Waals surface area contributed by atoms with Crippen LogP contribution in [0.5, 0.6) is 0 Å². The van der Waals surface area contributed by atoms with E-state index in [2.05, 4.69) is 10.6 Å². The average molecular weight is 538 g/mol. The minimum Gasteiger partial charge on any atom is -0.481 e. The second kappa shape index (κ2) is 15.5. The third-order valence-electron chi connectivity index (χ3n) is 6.81. The summed E-state index contributed by atoms with van der Waals surface area (Å²) in [6, 6.07) is 13.5. The van der Waals surface area contributed by atoms with Gasteiger partial charge in [-0.3, -0.25) is 9.59 Å². The van der Waals surface area contributed by atoms with Gasteiger partial charge in [-0.1, -0.05) is 44.7 Å². The molecule has 0 atom stereocenters. The zero-order chi connectivity index (χ0) is 28.0. The lowest BCUT2D eigenvalue weighted by Gasteiger charge is -2.30. The first-order valence-corrected chi connectivity index (χ1v) is 13.8. The quantitative estimate of drug-likeness (QED) is 0.230. The monoisotopic (exact) mass is 537 g/mol. The number of aliphatic carboxylic acids is 1. The van der Waals surface area contributed by atoms with Crippen LogP contribution in [0.2, 0.25) is 0 Å². The lowest BCUT2D eigenvalue weighted by Crippen LogP contribution is -2.38. The summed E-state index contributed by atoms with van der Waals surface area (Å²) < 4.78 is 5.25. The van der Waals surface area contributed by atoms with Gasteiger partial charge >= 0.3 is 18.0 Å². The number of esters is 1. The predicted molar refractivity (Wildman–Crippen MR) is 149 cm³/mol. The number of carboxylic acid groups (broad SMARTS) is 1. The van der Waals surface area contributed by atoms with E-state index in [1.54, 1.807) is 41.3 Å². The first-order valence-electron chi connectivity index (χ1n) is 13.8. The Kier molecular flexibility index (Phi) is 11.8. The van der Waals surface area contributed by atoms with Crippen molar-refractivity contribution in [2.75, 3.05) is 25.0 Å². The van der Waals surface area contributed by atoms with Gasteiger partial charge in [-0.15, -0.1) is 0 Å². The molecular formula is C30H39N3O6. The smallest absolute Gasteiger partial charge is 0.338 e. The highest BCUT2D eigenvalue weighted by Gasteiger charge is 2.22. The Balaban J connectivity index is 1.63. The van der Waals surface area contributed by atoms with Crippen LogP contribution >= 0.6 is 0 Å². The molecule has 2 aromatic carbocycles. The van der Waals surface area contributed by atoms with Crippen LogP contribution in [0.1, 0.15) is 84.6 Å². The Labute approximate surface area is 229 Å². The molecule has 0 spiro atoms. The van der Waals surface area contributed by atoms with E-state index in [0.717, 1.165) is 31.2 Å². The largest absolute Gasteiger partial charge is 0.481 e. The number of anilines is 1. The fraction of sp³-hybridized carbons (Fsp3) is 0.467. The van der Waals surface area contributed by atoms with Crippen molar-refractivity contribution in [2.24, 2.45) is 5.92 Å². The zero-order valence-corrected chi connectivity index (χ0v) is 22.6. The van der Waals surface area contributed by atoms with Gasteiger partial charge in [-0.2, -0.15) is 0 Å².